The third-order valence-corrected chi connectivity index (χ3v) is 6.15. The smallest absolute Gasteiger partial charge is 0.417 e. The van der Waals surface area contributed by atoms with Crippen LogP contribution < -0.4 is 4.74 Å². The van der Waals surface area contributed by atoms with Crippen molar-refractivity contribution in [2.45, 2.75) is 19.3 Å². The number of H-pyrrole nitrogens is 1. The molecule has 2 heterocycles. The average molecular weight is 543 g/mol. The molecule has 1 aliphatic heterocycles. The van der Waals surface area contributed by atoms with E-state index in [1.807, 2.05) is 0 Å². The summed E-state index contributed by atoms with van der Waals surface area (Å²) in [6.45, 7) is 0.247. The topological polar surface area (TPSA) is 96.7 Å². The number of methoxy groups -OCH3 is 1. The first-order valence-electron chi connectivity index (χ1n) is 11.4. The fraction of sp³-hybridized carbons (Fsp3) is 0.154. The first-order chi connectivity index (χ1) is 18.5. The van der Waals surface area contributed by atoms with Gasteiger partial charge in [-0.2, -0.15) is 18.3 Å². The highest BCUT2D eigenvalue weighted by Crippen LogP contribution is 2.42. The highest BCUT2D eigenvalue weighted by atomic mass is 19.4. The van der Waals surface area contributed by atoms with E-state index in [4.69, 9.17) is 4.74 Å². The van der Waals surface area contributed by atoms with E-state index in [0.717, 1.165) is 18.2 Å². The van der Waals surface area contributed by atoms with Crippen LogP contribution in [-0.4, -0.2) is 33.2 Å². The number of hydrazone groups is 1. The third kappa shape index (κ3) is 5.02. The Balaban J connectivity index is 1.42. The first kappa shape index (κ1) is 25.8. The highest BCUT2D eigenvalue weighted by molar-refractivity contribution is 5.81. The van der Waals surface area contributed by atoms with Gasteiger partial charge >= 0.3 is 6.18 Å². The predicted octanol–water partition coefficient (Wildman–Crippen LogP) is 6.31. The molecule has 1 aromatic heterocycles. The predicted molar refractivity (Wildman–Crippen MR) is 131 cm³/mol. The lowest BCUT2D eigenvalue weighted by Gasteiger charge is -2.22. The minimum atomic E-state index is -4.77. The van der Waals surface area contributed by atoms with Crippen molar-refractivity contribution < 1.29 is 31.6 Å². The lowest BCUT2D eigenvalue weighted by atomic mass is 9.96. The molecule has 1 aliphatic rings. The Bertz CT molecular complexity index is 1620. The molecule has 4 aromatic rings. The molecule has 1 N–H and O–H groups in total. The van der Waals surface area contributed by atoms with Crippen LogP contribution in [-0.2, 0) is 19.3 Å². The summed E-state index contributed by atoms with van der Waals surface area (Å²) in [5.41, 5.74) is -0.759. The fourth-order valence-corrected chi connectivity index (χ4v) is 4.31. The zero-order valence-corrected chi connectivity index (χ0v) is 20.1. The molecule has 0 spiro atoms. The Morgan fingerprint density at radius 1 is 1.08 bits per heavy atom. The second kappa shape index (κ2) is 9.82. The van der Waals surface area contributed by atoms with Crippen molar-refractivity contribution in [3.05, 3.63) is 98.9 Å². The molecular formula is C26H18F5N5O3. The second-order valence-electron chi connectivity index (χ2n) is 8.64. The molecule has 0 saturated carbocycles. The number of ether oxygens (including phenoxy) is 1. The van der Waals surface area contributed by atoms with E-state index in [1.54, 1.807) is 5.01 Å². The molecule has 0 fully saturated rings. The number of nitrogens with zero attached hydrogens (tertiary/aromatic N) is 4. The maximum atomic E-state index is 14.2. The van der Waals surface area contributed by atoms with Gasteiger partial charge in [0.2, 0.25) is 0 Å². The van der Waals surface area contributed by atoms with E-state index in [2.05, 4.69) is 15.1 Å². The number of benzene rings is 3. The molecular weight excluding hydrogens is 525 g/mol. The summed E-state index contributed by atoms with van der Waals surface area (Å²) < 4.78 is 74.0. The van der Waals surface area contributed by atoms with Crippen LogP contribution in [0.4, 0.5) is 27.6 Å². The number of alkyl halides is 3. The number of imidazole rings is 1. The van der Waals surface area contributed by atoms with Crippen molar-refractivity contribution in [1.82, 2.24) is 15.0 Å². The van der Waals surface area contributed by atoms with Crippen LogP contribution in [0.3, 0.4) is 0 Å². The van der Waals surface area contributed by atoms with Gasteiger partial charge in [-0.15, -0.1) is 0 Å². The number of hydrogen-bond donors (Lipinski definition) is 1. The zero-order chi connectivity index (χ0) is 27.9. The lowest BCUT2D eigenvalue weighted by Crippen LogP contribution is -2.21. The van der Waals surface area contributed by atoms with Gasteiger partial charge in [0.25, 0.3) is 5.69 Å². The van der Waals surface area contributed by atoms with Crippen molar-refractivity contribution >= 4 is 11.9 Å². The summed E-state index contributed by atoms with van der Waals surface area (Å²) in [4.78, 5) is 18.3. The standard InChI is InChI=1S/C26H18F5N5O3/c1-39-15-6-8-16(19(10-15)26(29,30)31)17-7-5-14(9-23(17)36(37)38)12-35-13-22-21(11-32-35)33-25(34-22)18-3-2-4-20(27)24(18)28/h2-11H,12-13H2,1H3,(H,33,34). The van der Waals surface area contributed by atoms with E-state index < -0.39 is 34.0 Å². The van der Waals surface area contributed by atoms with Crippen LogP contribution in [0.1, 0.15) is 22.5 Å². The monoisotopic (exact) mass is 543 g/mol. The number of aromatic nitrogens is 2. The molecule has 0 unspecified atom stereocenters. The van der Waals surface area contributed by atoms with Gasteiger partial charge in [0.1, 0.15) is 17.3 Å². The molecule has 0 bridgehead atoms. The van der Waals surface area contributed by atoms with Gasteiger partial charge in [-0.25, -0.2) is 13.8 Å². The number of halogens is 5. The minimum absolute atomic E-state index is 0.0326. The van der Waals surface area contributed by atoms with E-state index >= 15 is 0 Å². The molecule has 8 nitrogen and oxygen atoms in total. The number of nitro benzene ring substituents is 1. The van der Waals surface area contributed by atoms with Gasteiger partial charge in [-0.1, -0.05) is 12.1 Å². The van der Waals surface area contributed by atoms with E-state index in [1.165, 1.54) is 49.7 Å². The molecule has 0 radical (unpaired) electrons. The van der Waals surface area contributed by atoms with Crippen molar-refractivity contribution in [2.24, 2.45) is 5.10 Å². The Morgan fingerprint density at radius 3 is 2.56 bits per heavy atom. The average Bonchev–Trinajstić information content (AvgIpc) is 3.32. The second-order valence-corrected chi connectivity index (χ2v) is 8.64. The molecule has 0 saturated heterocycles. The summed E-state index contributed by atoms with van der Waals surface area (Å²) in [7, 11) is 1.22. The van der Waals surface area contributed by atoms with Gasteiger partial charge in [0.15, 0.2) is 11.6 Å². The summed E-state index contributed by atoms with van der Waals surface area (Å²) in [6, 6.07) is 10.9. The summed E-state index contributed by atoms with van der Waals surface area (Å²) in [6.07, 6.45) is -3.36. The normalized spacial score (nSPS) is 12.9. The minimum Gasteiger partial charge on any atom is -0.497 e. The highest BCUT2D eigenvalue weighted by Gasteiger charge is 2.36. The fourth-order valence-electron chi connectivity index (χ4n) is 4.31. The van der Waals surface area contributed by atoms with Crippen molar-refractivity contribution in [3.8, 4) is 28.3 Å². The summed E-state index contributed by atoms with van der Waals surface area (Å²) in [5, 5.41) is 17.7. The molecule has 39 heavy (non-hydrogen) atoms. The van der Waals surface area contributed by atoms with Crippen molar-refractivity contribution in [3.63, 3.8) is 0 Å². The van der Waals surface area contributed by atoms with E-state index in [9.17, 15) is 32.1 Å². The van der Waals surface area contributed by atoms with Gasteiger partial charge in [0.05, 0.1) is 53.7 Å². The van der Waals surface area contributed by atoms with Crippen LogP contribution >= 0.6 is 0 Å². The largest absolute Gasteiger partial charge is 0.497 e. The molecule has 13 heteroatoms. The molecule has 0 amide bonds. The van der Waals surface area contributed by atoms with E-state index in [-0.39, 0.29) is 41.4 Å². The Labute approximate surface area is 217 Å². The Kier molecular flexibility index (Phi) is 6.50. The van der Waals surface area contributed by atoms with Crippen LogP contribution in [0.25, 0.3) is 22.5 Å². The number of nitrogens with one attached hydrogen (secondary N) is 1. The Hall–Kier alpha value is -4.81. The van der Waals surface area contributed by atoms with Gasteiger partial charge in [-0.3, -0.25) is 15.1 Å². The molecule has 3 aromatic carbocycles. The SMILES string of the molecule is COc1ccc(-c2ccc(CN3Cc4[nH]c(-c5cccc(F)c5F)nc4C=N3)cc2[N+](=O)[O-])c(C(F)(F)F)c1. The number of fused-ring (bicyclic) bond motifs is 1. The lowest BCUT2D eigenvalue weighted by molar-refractivity contribution is -0.384. The zero-order valence-electron chi connectivity index (χ0n) is 20.1. The van der Waals surface area contributed by atoms with Crippen LogP contribution in [0.5, 0.6) is 5.75 Å². The first-order valence-corrected chi connectivity index (χ1v) is 11.4. The van der Waals surface area contributed by atoms with Crippen molar-refractivity contribution in [1.29, 1.82) is 0 Å². The maximum absolute atomic E-state index is 14.2. The van der Waals surface area contributed by atoms with Crippen LogP contribution in [0.2, 0.25) is 0 Å². The quantitative estimate of drug-likeness (QED) is 0.175. The summed E-state index contributed by atoms with van der Waals surface area (Å²) in [5.74, 6) is -1.98. The van der Waals surface area contributed by atoms with E-state index in [0.29, 0.717) is 17.0 Å². The van der Waals surface area contributed by atoms with Crippen LogP contribution in [0.15, 0.2) is 59.7 Å². The van der Waals surface area contributed by atoms with Crippen molar-refractivity contribution in [2.75, 3.05) is 7.11 Å². The number of hydrogen-bond acceptors (Lipinski definition) is 6. The third-order valence-electron chi connectivity index (χ3n) is 6.15. The number of nitro groups is 1. The number of rotatable bonds is 6. The van der Waals surface area contributed by atoms with Gasteiger partial charge in [0, 0.05) is 11.6 Å². The Morgan fingerprint density at radius 2 is 1.85 bits per heavy atom. The summed E-state index contributed by atoms with van der Waals surface area (Å²) >= 11 is 0. The number of aromatic amines is 1. The molecule has 0 atom stereocenters. The van der Waals surface area contributed by atoms with Gasteiger partial charge < -0.3 is 9.72 Å². The maximum Gasteiger partial charge on any atom is 0.417 e. The van der Waals surface area contributed by atoms with Crippen LogP contribution in [0, 0.1) is 21.7 Å². The molecule has 0 aliphatic carbocycles. The van der Waals surface area contributed by atoms with Gasteiger partial charge in [-0.05, 0) is 42.0 Å². The molecule has 200 valence electrons. The molecule has 5 rings (SSSR count).